The number of aromatic amines is 1. The zero-order chi connectivity index (χ0) is 15.6. The molecule has 4 aromatic rings. The van der Waals surface area contributed by atoms with Gasteiger partial charge in [0.25, 0.3) is 0 Å². The Bertz CT molecular complexity index is 939. The number of hydrogen-bond acceptors (Lipinski definition) is 5. The number of nitrogens with two attached hydrogens (primary N) is 1. The van der Waals surface area contributed by atoms with Crippen LogP contribution in [-0.4, -0.2) is 30.2 Å². The maximum absolute atomic E-state index is 5.83. The first-order valence-corrected chi connectivity index (χ1v) is 7.30. The van der Waals surface area contributed by atoms with Crippen molar-refractivity contribution >= 4 is 17.0 Å². The van der Waals surface area contributed by atoms with Gasteiger partial charge in [-0.2, -0.15) is 15.4 Å². The lowest BCUT2D eigenvalue weighted by atomic mass is 10.1. The molecule has 3 heterocycles. The zero-order valence-electron chi connectivity index (χ0n) is 12.3. The Morgan fingerprint density at radius 3 is 2.83 bits per heavy atom. The van der Waals surface area contributed by atoms with Crippen molar-refractivity contribution in [2.75, 3.05) is 5.73 Å². The summed E-state index contributed by atoms with van der Waals surface area (Å²) in [5.74, 6) is 0.435. The largest absolute Gasteiger partial charge is 0.384 e. The minimum atomic E-state index is 0.435. The van der Waals surface area contributed by atoms with Crippen LogP contribution in [0.25, 0.3) is 11.2 Å². The molecule has 0 saturated carbocycles. The fourth-order valence-corrected chi connectivity index (χ4v) is 2.61. The normalized spacial score (nSPS) is 11.1. The average molecular weight is 305 g/mol. The SMILES string of the molecule is Nc1cc(Cc2ccn(Cc3ccccc3)n2)c2n[nH]nc2n1. The number of anilines is 1. The summed E-state index contributed by atoms with van der Waals surface area (Å²) in [5.41, 5.74) is 10.2. The quantitative estimate of drug-likeness (QED) is 0.599. The molecule has 0 aliphatic carbocycles. The van der Waals surface area contributed by atoms with E-state index in [1.165, 1.54) is 5.56 Å². The maximum Gasteiger partial charge on any atom is 0.203 e. The molecule has 0 bridgehead atoms. The topological polar surface area (TPSA) is 98.3 Å². The Balaban J connectivity index is 1.58. The number of pyridine rings is 1. The first kappa shape index (κ1) is 13.4. The lowest BCUT2D eigenvalue weighted by molar-refractivity contribution is 0.675. The number of benzene rings is 1. The summed E-state index contributed by atoms with van der Waals surface area (Å²) in [7, 11) is 0. The highest BCUT2D eigenvalue weighted by Gasteiger charge is 2.10. The minimum Gasteiger partial charge on any atom is -0.384 e. The molecular weight excluding hydrogens is 290 g/mol. The Hall–Kier alpha value is -3.22. The molecule has 0 radical (unpaired) electrons. The van der Waals surface area contributed by atoms with Crippen molar-refractivity contribution in [1.29, 1.82) is 0 Å². The highest BCUT2D eigenvalue weighted by Crippen LogP contribution is 2.18. The van der Waals surface area contributed by atoms with Gasteiger partial charge in [-0.05, 0) is 23.3 Å². The van der Waals surface area contributed by atoms with E-state index in [1.54, 1.807) is 0 Å². The van der Waals surface area contributed by atoms with Gasteiger partial charge in [-0.15, -0.1) is 5.10 Å². The Kier molecular flexibility index (Phi) is 3.23. The second-order valence-electron chi connectivity index (χ2n) is 5.37. The third-order valence-electron chi connectivity index (χ3n) is 3.65. The standard InChI is InChI=1S/C16H15N7/c17-14-9-12(15-16(18-14)20-22-19-15)8-13-6-7-23(21-13)10-11-4-2-1-3-5-11/h1-7,9H,8,10H2,(H3,17,18,19,20,22). The first-order valence-electron chi connectivity index (χ1n) is 7.30. The third-order valence-corrected chi connectivity index (χ3v) is 3.65. The Morgan fingerprint density at radius 2 is 1.96 bits per heavy atom. The van der Waals surface area contributed by atoms with Crippen LogP contribution in [0.1, 0.15) is 16.8 Å². The van der Waals surface area contributed by atoms with Gasteiger partial charge in [-0.1, -0.05) is 30.3 Å². The molecule has 0 unspecified atom stereocenters. The molecule has 23 heavy (non-hydrogen) atoms. The van der Waals surface area contributed by atoms with Crippen molar-refractivity contribution in [2.45, 2.75) is 13.0 Å². The Labute approximate surface area is 132 Å². The van der Waals surface area contributed by atoms with Gasteiger partial charge in [-0.3, -0.25) is 4.68 Å². The van der Waals surface area contributed by atoms with Crippen LogP contribution in [0.5, 0.6) is 0 Å². The summed E-state index contributed by atoms with van der Waals surface area (Å²) in [6, 6.07) is 14.1. The predicted octanol–water partition coefficient (Wildman–Crippen LogP) is 1.77. The molecule has 0 saturated heterocycles. The number of fused-ring (bicyclic) bond motifs is 1. The lowest BCUT2D eigenvalue weighted by Gasteiger charge is -2.02. The van der Waals surface area contributed by atoms with Gasteiger partial charge in [0.05, 0.1) is 12.2 Å². The number of nitrogens with zero attached hydrogens (tertiary/aromatic N) is 5. The zero-order valence-corrected chi connectivity index (χ0v) is 12.3. The molecule has 3 aromatic heterocycles. The highest BCUT2D eigenvalue weighted by atomic mass is 15.3. The smallest absolute Gasteiger partial charge is 0.203 e. The van der Waals surface area contributed by atoms with Crippen molar-refractivity contribution in [3.8, 4) is 0 Å². The highest BCUT2D eigenvalue weighted by molar-refractivity contribution is 5.75. The van der Waals surface area contributed by atoms with E-state index in [4.69, 9.17) is 5.73 Å². The molecule has 0 amide bonds. The van der Waals surface area contributed by atoms with Crippen molar-refractivity contribution in [3.05, 3.63) is 65.5 Å². The maximum atomic E-state index is 5.83. The van der Waals surface area contributed by atoms with Crippen LogP contribution < -0.4 is 5.73 Å². The van der Waals surface area contributed by atoms with E-state index in [9.17, 15) is 0 Å². The molecular formula is C16H15N7. The van der Waals surface area contributed by atoms with Crippen LogP contribution >= 0.6 is 0 Å². The van der Waals surface area contributed by atoms with Gasteiger partial charge in [0, 0.05) is 12.6 Å². The monoisotopic (exact) mass is 305 g/mol. The van der Waals surface area contributed by atoms with Crippen molar-refractivity contribution in [3.63, 3.8) is 0 Å². The number of hydrogen-bond donors (Lipinski definition) is 2. The van der Waals surface area contributed by atoms with Crippen LogP contribution in [0.3, 0.4) is 0 Å². The van der Waals surface area contributed by atoms with Gasteiger partial charge in [0.2, 0.25) is 5.65 Å². The molecule has 1 aromatic carbocycles. The minimum absolute atomic E-state index is 0.435. The summed E-state index contributed by atoms with van der Waals surface area (Å²) >= 11 is 0. The van der Waals surface area contributed by atoms with E-state index in [1.807, 2.05) is 41.2 Å². The number of nitrogen functional groups attached to an aromatic ring is 1. The summed E-state index contributed by atoms with van der Waals surface area (Å²) in [4.78, 5) is 4.15. The second-order valence-corrected chi connectivity index (χ2v) is 5.37. The summed E-state index contributed by atoms with van der Waals surface area (Å²) in [6.07, 6.45) is 2.62. The third kappa shape index (κ3) is 2.76. The van der Waals surface area contributed by atoms with Gasteiger partial charge in [-0.25, -0.2) is 4.98 Å². The van der Waals surface area contributed by atoms with Crippen LogP contribution in [0, 0.1) is 0 Å². The fourth-order valence-electron chi connectivity index (χ4n) is 2.61. The number of rotatable bonds is 4. The molecule has 0 aliphatic heterocycles. The second kappa shape index (κ2) is 5.53. The summed E-state index contributed by atoms with van der Waals surface area (Å²) in [6.45, 7) is 0.749. The van der Waals surface area contributed by atoms with E-state index in [2.05, 4.69) is 37.6 Å². The number of aromatic nitrogens is 6. The lowest BCUT2D eigenvalue weighted by Crippen LogP contribution is -2.02. The van der Waals surface area contributed by atoms with Crippen molar-refractivity contribution in [2.24, 2.45) is 0 Å². The van der Waals surface area contributed by atoms with Crippen LogP contribution in [-0.2, 0) is 13.0 Å². The molecule has 0 spiro atoms. The van der Waals surface area contributed by atoms with Crippen LogP contribution in [0.4, 0.5) is 5.82 Å². The van der Waals surface area contributed by atoms with E-state index in [-0.39, 0.29) is 0 Å². The molecule has 4 rings (SSSR count). The van der Waals surface area contributed by atoms with Crippen LogP contribution in [0.15, 0.2) is 48.7 Å². The first-order chi connectivity index (χ1) is 11.3. The average Bonchev–Trinajstić information content (AvgIpc) is 3.17. The molecule has 114 valence electrons. The molecule has 3 N–H and O–H groups in total. The van der Waals surface area contributed by atoms with E-state index >= 15 is 0 Å². The van der Waals surface area contributed by atoms with Crippen molar-refractivity contribution in [1.82, 2.24) is 30.2 Å². The van der Waals surface area contributed by atoms with E-state index < -0.39 is 0 Å². The molecule has 0 aliphatic rings. The summed E-state index contributed by atoms with van der Waals surface area (Å²) in [5, 5.41) is 15.3. The molecule has 0 fully saturated rings. The summed E-state index contributed by atoms with van der Waals surface area (Å²) < 4.78 is 1.93. The van der Waals surface area contributed by atoms with E-state index in [0.717, 1.165) is 23.3 Å². The molecule has 7 heteroatoms. The Morgan fingerprint density at radius 1 is 1.09 bits per heavy atom. The van der Waals surface area contributed by atoms with Gasteiger partial charge < -0.3 is 5.73 Å². The van der Waals surface area contributed by atoms with E-state index in [0.29, 0.717) is 17.9 Å². The van der Waals surface area contributed by atoms with Gasteiger partial charge in [0.1, 0.15) is 11.3 Å². The number of H-pyrrole nitrogens is 1. The molecule has 0 atom stereocenters. The number of nitrogens with one attached hydrogen (secondary N) is 1. The fraction of sp³-hybridized carbons (Fsp3) is 0.125. The molecule has 7 nitrogen and oxygen atoms in total. The van der Waals surface area contributed by atoms with Crippen LogP contribution in [0.2, 0.25) is 0 Å². The van der Waals surface area contributed by atoms with Gasteiger partial charge >= 0.3 is 0 Å². The predicted molar refractivity (Wildman–Crippen MR) is 86.7 cm³/mol. The van der Waals surface area contributed by atoms with Gasteiger partial charge in [0.15, 0.2) is 0 Å². The van der Waals surface area contributed by atoms with Crippen molar-refractivity contribution < 1.29 is 0 Å².